The average molecular weight is 602 g/mol. The molecule has 1 aliphatic heterocycles. The monoisotopic (exact) mass is 601 g/mol. The zero-order valence-corrected chi connectivity index (χ0v) is 25.0. The van der Waals surface area contributed by atoms with E-state index in [9.17, 15) is 13.2 Å². The second-order valence-electron chi connectivity index (χ2n) is 9.85. The predicted molar refractivity (Wildman–Crippen MR) is 152 cm³/mol. The fourth-order valence-electron chi connectivity index (χ4n) is 5.56. The van der Waals surface area contributed by atoms with Crippen LogP contribution < -0.4 is 35.9 Å². The maximum Gasteiger partial charge on any atom is 0.416 e. The first-order valence-electron chi connectivity index (χ1n) is 14.2. The van der Waals surface area contributed by atoms with Gasteiger partial charge in [-0.3, -0.25) is 0 Å². The minimum Gasteiger partial charge on any atom is -1.00 e. The third-order valence-corrected chi connectivity index (χ3v) is 7.28. The maximum absolute atomic E-state index is 13.3. The molecule has 3 aromatic carbocycles. The number of ether oxygens (including phenoxy) is 4. The molecule has 0 unspecified atom stereocenters. The van der Waals surface area contributed by atoms with Crippen molar-refractivity contribution in [3.05, 3.63) is 77.0 Å². The number of rotatable bonds is 10. The lowest BCUT2D eigenvalue weighted by atomic mass is 9.90. The zero-order valence-electron chi connectivity index (χ0n) is 24.2. The molecule has 0 saturated carbocycles. The number of hydrogen-bond acceptors (Lipinski definition) is 4. The van der Waals surface area contributed by atoms with E-state index >= 15 is 0 Å². The summed E-state index contributed by atoms with van der Waals surface area (Å²) in [7, 11) is 0. The fourth-order valence-corrected chi connectivity index (χ4v) is 5.56. The molecule has 0 amide bonds. The highest BCUT2D eigenvalue weighted by Crippen LogP contribution is 2.43. The van der Waals surface area contributed by atoms with E-state index in [1.165, 1.54) is 11.6 Å². The van der Waals surface area contributed by atoms with Crippen molar-refractivity contribution in [3.8, 4) is 34.3 Å². The first kappa shape index (κ1) is 31.3. The summed E-state index contributed by atoms with van der Waals surface area (Å²) in [5.41, 5.74) is 4.33. The van der Waals surface area contributed by atoms with Gasteiger partial charge in [0.2, 0.25) is 5.69 Å². The molecule has 0 atom stereocenters. The van der Waals surface area contributed by atoms with Crippen molar-refractivity contribution < 1.29 is 49.1 Å². The topological polar surface area (TPSA) is 40.8 Å². The molecule has 0 radical (unpaired) electrons. The van der Waals surface area contributed by atoms with Crippen molar-refractivity contribution in [2.75, 3.05) is 19.8 Å². The van der Waals surface area contributed by atoms with Crippen LogP contribution in [-0.4, -0.2) is 19.8 Å². The summed E-state index contributed by atoms with van der Waals surface area (Å²) in [6, 6.07) is 13.3. The molecule has 0 saturated heterocycles. The number of alkyl halides is 3. The molecule has 5 rings (SSSR count). The van der Waals surface area contributed by atoms with Crippen LogP contribution in [0.5, 0.6) is 23.0 Å². The van der Waals surface area contributed by atoms with Gasteiger partial charge in [-0.25, -0.2) is 0 Å². The number of hydrogen-bond donors (Lipinski definition) is 0. The molecule has 2 heterocycles. The Hall–Kier alpha value is -3.65. The third kappa shape index (κ3) is 6.09. The second kappa shape index (κ2) is 13.1. The third-order valence-electron chi connectivity index (χ3n) is 7.28. The highest BCUT2D eigenvalue weighted by atomic mass is 35.5. The van der Waals surface area contributed by atoms with Crippen LogP contribution >= 0.6 is 0 Å². The predicted octanol–water partition coefficient (Wildman–Crippen LogP) is 4.71. The highest BCUT2D eigenvalue weighted by Gasteiger charge is 2.32. The number of pyridine rings is 1. The molecule has 5 nitrogen and oxygen atoms in total. The summed E-state index contributed by atoms with van der Waals surface area (Å²) in [6.07, 6.45) is -0.753. The molecule has 0 fully saturated rings. The molecule has 0 bridgehead atoms. The van der Waals surface area contributed by atoms with E-state index in [0.29, 0.717) is 36.9 Å². The molecular formula is C33H35ClF3NO4. The standard InChI is InChI=1S/C33H35F3NO4.ClH/c1-5-24-25-12-13-28(38-6-2)32(41-20-21-10-9-11-23(16-21)33(34,35)36)27(25)19-37-15-14-22-17-29(39-7-3)30(40-8-4)18-26(22)31(24)37;/h9-13,16-19H,5-8,14-15,20H2,1-4H3;1H/q+1;/p-1. The lowest BCUT2D eigenvalue weighted by Gasteiger charge is -2.22. The van der Waals surface area contributed by atoms with E-state index in [4.69, 9.17) is 18.9 Å². The molecular weight excluding hydrogens is 567 g/mol. The second-order valence-corrected chi connectivity index (χ2v) is 9.85. The minimum absolute atomic E-state index is 0. The van der Waals surface area contributed by atoms with Crippen LogP contribution in [0.1, 0.15) is 49.9 Å². The highest BCUT2D eigenvalue weighted by molar-refractivity contribution is 5.95. The molecule has 9 heteroatoms. The Balaban J connectivity index is 0.00000405. The van der Waals surface area contributed by atoms with Gasteiger partial charge in [0.25, 0.3) is 0 Å². The van der Waals surface area contributed by atoms with E-state index in [1.807, 2.05) is 32.9 Å². The summed E-state index contributed by atoms with van der Waals surface area (Å²) in [6.45, 7) is 10.2. The van der Waals surface area contributed by atoms with E-state index in [-0.39, 0.29) is 19.0 Å². The van der Waals surface area contributed by atoms with Gasteiger partial charge in [-0.1, -0.05) is 19.1 Å². The Morgan fingerprint density at radius 2 is 1.48 bits per heavy atom. The molecule has 0 spiro atoms. The van der Waals surface area contributed by atoms with Gasteiger partial charge in [-0.2, -0.15) is 17.7 Å². The van der Waals surface area contributed by atoms with Gasteiger partial charge in [0.15, 0.2) is 35.7 Å². The Morgan fingerprint density at radius 3 is 2.14 bits per heavy atom. The number of aromatic nitrogens is 1. The van der Waals surface area contributed by atoms with Crippen LogP contribution in [0.15, 0.2) is 54.7 Å². The Kier molecular flexibility index (Phi) is 9.77. The summed E-state index contributed by atoms with van der Waals surface area (Å²) in [5.74, 6) is 2.57. The molecule has 4 aromatic rings. The van der Waals surface area contributed by atoms with Crippen LogP contribution in [-0.2, 0) is 32.2 Å². The van der Waals surface area contributed by atoms with Gasteiger partial charge in [-0.05, 0) is 74.7 Å². The number of fused-ring (bicyclic) bond motifs is 4. The largest absolute Gasteiger partial charge is 1.00 e. The van der Waals surface area contributed by atoms with Crippen molar-refractivity contribution in [2.45, 2.75) is 59.9 Å². The number of benzene rings is 3. The number of nitrogens with zero attached hydrogens (tertiary/aromatic N) is 1. The van der Waals surface area contributed by atoms with Gasteiger partial charge in [-0.15, -0.1) is 0 Å². The van der Waals surface area contributed by atoms with Gasteiger partial charge in [0.1, 0.15) is 6.61 Å². The lowest BCUT2D eigenvalue weighted by molar-refractivity contribution is -0.686. The van der Waals surface area contributed by atoms with E-state index in [1.54, 1.807) is 6.07 Å². The molecule has 1 aliphatic rings. The van der Waals surface area contributed by atoms with E-state index < -0.39 is 11.7 Å². The first-order chi connectivity index (χ1) is 19.8. The summed E-state index contributed by atoms with van der Waals surface area (Å²) in [5, 5.41) is 1.88. The quantitative estimate of drug-likeness (QED) is 0.247. The zero-order chi connectivity index (χ0) is 29.1. The molecule has 0 aliphatic carbocycles. The molecule has 224 valence electrons. The Morgan fingerprint density at radius 1 is 0.786 bits per heavy atom. The van der Waals surface area contributed by atoms with Crippen molar-refractivity contribution in [1.29, 1.82) is 0 Å². The lowest BCUT2D eigenvalue weighted by Crippen LogP contribution is -3.00. The molecule has 42 heavy (non-hydrogen) atoms. The number of halogens is 4. The van der Waals surface area contributed by atoms with Gasteiger partial charge < -0.3 is 31.4 Å². The summed E-state index contributed by atoms with van der Waals surface area (Å²) >= 11 is 0. The smallest absolute Gasteiger partial charge is 0.416 e. The maximum atomic E-state index is 13.3. The van der Waals surface area contributed by atoms with Gasteiger partial charge in [0, 0.05) is 17.4 Å². The van der Waals surface area contributed by atoms with Crippen LogP contribution in [0.2, 0.25) is 0 Å². The fraction of sp³-hybridized carbons (Fsp3) is 0.364. The van der Waals surface area contributed by atoms with Crippen molar-refractivity contribution in [3.63, 3.8) is 0 Å². The first-order valence-corrected chi connectivity index (χ1v) is 14.2. The van der Waals surface area contributed by atoms with Crippen LogP contribution in [0.4, 0.5) is 13.2 Å². The molecule has 0 N–H and O–H groups in total. The van der Waals surface area contributed by atoms with Gasteiger partial charge >= 0.3 is 6.18 Å². The molecule has 1 aromatic heterocycles. The van der Waals surface area contributed by atoms with Crippen molar-refractivity contribution in [2.24, 2.45) is 0 Å². The summed E-state index contributed by atoms with van der Waals surface area (Å²) < 4.78 is 66.2. The van der Waals surface area contributed by atoms with Crippen LogP contribution in [0.3, 0.4) is 0 Å². The van der Waals surface area contributed by atoms with E-state index in [0.717, 1.165) is 70.6 Å². The van der Waals surface area contributed by atoms with E-state index in [2.05, 4.69) is 29.8 Å². The van der Waals surface area contributed by atoms with Crippen LogP contribution in [0, 0.1) is 0 Å². The Labute approximate surface area is 250 Å². The van der Waals surface area contributed by atoms with Crippen molar-refractivity contribution >= 4 is 10.8 Å². The normalized spacial score (nSPS) is 12.3. The van der Waals surface area contributed by atoms with Crippen LogP contribution in [0.25, 0.3) is 22.0 Å². The summed E-state index contributed by atoms with van der Waals surface area (Å²) in [4.78, 5) is 0. The average Bonchev–Trinajstić information content (AvgIpc) is 2.95. The number of aryl methyl sites for hydroxylation is 3. The SMILES string of the molecule is CCOc1cc2c(cc1OCC)-c1c(CC)c3ccc(OCC)c(OCc4cccc(C(F)(F)F)c4)c3c[n+]1CC2.[Cl-]. The van der Waals surface area contributed by atoms with Crippen molar-refractivity contribution in [1.82, 2.24) is 0 Å². The van der Waals surface area contributed by atoms with Gasteiger partial charge in [0.05, 0.1) is 36.3 Å². The minimum atomic E-state index is -4.42. The Bertz CT molecular complexity index is 1570.